The summed E-state index contributed by atoms with van der Waals surface area (Å²) in [6.07, 6.45) is 6.00. The molecule has 1 atom stereocenters. The number of anilines is 6. The van der Waals surface area contributed by atoms with Crippen LogP contribution in [0.3, 0.4) is 0 Å². The van der Waals surface area contributed by atoms with Gasteiger partial charge in [0.15, 0.2) is 12.1 Å². The molecule has 0 radical (unpaired) electrons. The van der Waals surface area contributed by atoms with Crippen LogP contribution in [0.15, 0.2) is 84.5 Å². The average molecular weight is 516 g/mol. The Bertz CT molecular complexity index is 1270. The van der Waals surface area contributed by atoms with Crippen LogP contribution in [0.25, 0.3) is 0 Å². The van der Waals surface area contributed by atoms with Crippen molar-refractivity contribution in [3.63, 3.8) is 0 Å². The molecule has 2 aliphatic heterocycles. The highest BCUT2D eigenvalue weighted by atomic mass is 19.1. The number of rotatable bonds is 9. The molecule has 1 fully saturated rings. The lowest BCUT2D eigenvalue weighted by atomic mass is 10.2. The molecular weight excluding hydrogens is 481 g/mol. The molecule has 38 heavy (non-hydrogen) atoms. The number of benzene rings is 2. The number of halogens is 1. The lowest BCUT2D eigenvalue weighted by Gasteiger charge is -2.29. The number of allylic oxidation sites excluding steroid dienone is 3. The monoisotopic (exact) mass is 515 g/mol. The fourth-order valence-electron chi connectivity index (χ4n) is 4.58. The van der Waals surface area contributed by atoms with Gasteiger partial charge in [0.05, 0.1) is 25.1 Å². The number of fused-ring (bicyclic) bond motifs is 1. The first-order valence-electron chi connectivity index (χ1n) is 13.1. The van der Waals surface area contributed by atoms with Crippen molar-refractivity contribution in [1.82, 2.24) is 15.3 Å². The number of nitrogens with zero attached hydrogens (tertiary/aromatic N) is 4. The van der Waals surface area contributed by atoms with Crippen LogP contribution in [0.1, 0.15) is 26.7 Å². The third-order valence-corrected chi connectivity index (χ3v) is 6.59. The topological polar surface area (TPSA) is 77.6 Å². The number of nitrogens with one attached hydrogen (secondary N) is 3. The molecule has 3 heterocycles. The fourth-order valence-corrected chi connectivity index (χ4v) is 4.58. The summed E-state index contributed by atoms with van der Waals surface area (Å²) in [5.74, 6) is 1.02. The van der Waals surface area contributed by atoms with E-state index in [1.54, 1.807) is 6.20 Å². The summed E-state index contributed by atoms with van der Waals surface area (Å²) in [6, 6.07) is 18.2. The number of para-hydroxylation sites is 1. The third kappa shape index (κ3) is 5.73. The van der Waals surface area contributed by atoms with E-state index in [2.05, 4.69) is 38.0 Å². The van der Waals surface area contributed by atoms with E-state index in [1.165, 1.54) is 5.69 Å². The van der Waals surface area contributed by atoms with Gasteiger partial charge in [0.25, 0.3) is 0 Å². The number of ether oxygens (including phenoxy) is 1. The molecule has 9 heteroatoms. The predicted molar refractivity (Wildman–Crippen MR) is 152 cm³/mol. The standard InChI is InChI=1S/C29H34FN7O/c1-3-5-11-25(24(30)4-2)33-29-34-26-20-31-28(35-27(26)37(29)23-9-7-6-8-10-23)32-21-12-14-22(15-13-21)36-16-18-38-19-17-36/h3,5-10,12-15,20,29,33-34H,4,11,16-19H2,1-2H3,(H,31,32,35)/b5-3-,25-24-. The van der Waals surface area contributed by atoms with Crippen LogP contribution in [0.4, 0.5) is 38.9 Å². The predicted octanol–water partition coefficient (Wildman–Crippen LogP) is 6.05. The van der Waals surface area contributed by atoms with Crippen molar-refractivity contribution in [3.05, 3.63) is 84.5 Å². The zero-order valence-electron chi connectivity index (χ0n) is 21.8. The first kappa shape index (κ1) is 25.5. The highest BCUT2D eigenvalue weighted by Gasteiger charge is 2.33. The highest BCUT2D eigenvalue weighted by molar-refractivity contribution is 5.80. The molecule has 3 aromatic rings. The molecule has 0 bridgehead atoms. The van der Waals surface area contributed by atoms with Crippen molar-refractivity contribution in [2.24, 2.45) is 0 Å². The van der Waals surface area contributed by atoms with Crippen molar-refractivity contribution in [1.29, 1.82) is 0 Å². The van der Waals surface area contributed by atoms with Gasteiger partial charge in [-0.1, -0.05) is 37.3 Å². The van der Waals surface area contributed by atoms with Gasteiger partial charge in [-0.3, -0.25) is 4.90 Å². The lowest BCUT2D eigenvalue weighted by molar-refractivity contribution is 0.122. The van der Waals surface area contributed by atoms with Crippen molar-refractivity contribution >= 4 is 34.5 Å². The normalized spacial score (nSPS) is 17.7. The average Bonchev–Trinajstić information content (AvgIpc) is 3.33. The molecule has 198 valence electrons. The molecule has 1 aromatic heterocycles. The van der Waals surface area contributed by atoms with Crippen LogP contribution in [-0.4, -0.2) is 42.6 Å². The maximum atomic E-state index is 14.8. The van der Waals surface area contributed by atoms with Gasteiger partial charge in [0.1, 0.15) is 5.83 Å². The Labute approximate surface area is 223 Å². The summed E-state index contributed by atoms with van der Waals surface area (Å²) in [5.41, 5.74) is 4.31. The minimum absolute atomic E-state index is 0.164. The van der Waals surface area contributed by atoms with Gasteiger partial charge < -0.3 is 25.6 Å². The Balaban J connectivity index is 1.39. The van der Waals surface area contributed by atoms with Gasteiger partial charge in [0.2, 0.25) is 5.95 Å². The smallest absolute Gasteiger partial charge is 0.229 e. The second-order valence-corrected chi connectivity index (χ2v) is 9.11. The van der Waals surface area contributed by atoms with E-state index < -0.39 is 6.29 Å². The number of hydrogen-bond acceptors (Lipinski definition) is 8. The highest BCUT2D eigenvalue weighted by Crippen LogP contribution is 2.38. The van der Waals surface area contributed by atoms with Crippen LogP contribution in [0, 0.1) is 0 Å². The minimum atomic E-state index is -0.428. The van der Waals surface area contributed by atoms with Crippen LogP contribution < -0.4 is 25.8 Å². The van der Waals surface area contributed by atoms with Gasteiger partial charge in [-0.25, -0.2) is 9.37 Å². The van der Waals surface area contributed by atoms with E-state index in [-0.39, 0.29) is 5.83 Å². The molecule has 1 unspecified atom stereocenters. The zero-order chi connectivity index (χ0) is 26.3. The Kier molecular flexibility index (Phi) is 8.04. The molecule has 2 aliphatic rings. The van der Waals surface area contributed by atoms with E-state index in [0.717, 1.165) is 43.4 Å². The Morgan fingerprint density at radius 2 is 1.87 bits per heavy atom. The summed E-state index contributed by atoms with van der Waals surface area (Å²) >= 11 is 0. The first-order chi connectivity index (χ1) is 18.7. The molecular formula is C29H34FN7O. The molecule has 3 N–H and O–H groups in total. The van der Waals surface area contributed by atoms with Gasteiger partial charge in [-0.05, 0) is 49.7 Å². The van der Waals surface area contributed by atoms with Crippen LogP contribution in [-0.2, 0) is 4.74 Å². The number of aromatic nitrogens is 2. The maximum absolute atomic E-state index is 14.8. The van der Waals surface area contributed by atoms with E-state index in [1.807, 2.05) is 73.4 Å². The molecule has 0 amide bonds. The minimum Gasteiger partial charge on any atom is -0.378 e. The van der Waals surface area contributed by atoms with E-state index in [0.29, 0.717) is 30.3 Å². The second kappa shape index (κ2) is 12.0. The summed E-state index contributed by atoms with van der Waals surface area (Å²) < 4.78 is 20.2. The van der Waals surface area contributed by atoms with Gasteiger partial charge in [-0.2, -0.15) is 4.98 Å². The quantitative estimate of drug-likeness (QED) is 0.297. The largest absolute Gasteiger partial charge is 0.378 e. The molecule has 1 saturated heterocycles. The maximum Gasteiger partial charge on any atom is 0.229 e. The zero-order valence-corrected chi connectivity index (χ0v) is 21.8. The summed E-state index contributed by atoms with van der Waals surface area (Å²) in [7, 11) is 0. The molecule has 0 spiro atoms. The molecule has 0 saturated carbocycles. The Morgan fingerprint density at radius 1 is 1.11 bits per heavy atom. The fraction of sp³-hybridized carbons (Fsp3) is 0.310. The summed E-state index contributed by atoms with van der Waals surface area (Å²) in [6.45, 7) is 7.04. The van der Waals surface area contributed by atoms with Gasteiger partial charge in [0, 0.05) is 42.3 Å². The van der Waals surface area contributed by atoms with Crippen LogP contribution in [0.5, 0.6) is 0 Å². The molecule has 8 nitrogen and oxygen atoms in total. The molecule has 5 rings (SSSR count). The van der Waals surface area contributed by atoms with Crippen molar-refractivity contribution in [2.45, 2.75) is 33.0 Å². The first-order valence-corrected chi connectivity index (χ1v) is 13.1. The SMILES string of the molecule is C/C=C\C/C(NC1Nc2cnc(Nc3ccc(N4CCOCC4)cc3)nc2N1c1ccccc1)=C(/F)CC. The van der Waals surface area contributed by atoms with Gasteiger partial charge in [-0.15, -0.1) is 0 Å². The number of morpholine rings is 1. The van der Waals surface area contributed by atoms with Crippen LogP contribution in [0.2, 0.25) is 0 Å². The molecule has 2 aromatic carbocycles. The van der Waals surface area contributed by atoms with Gasteiger partial charge >= 0.3 is 0 Å². The summed E-state index contributed by atoms with van der Waals surface area (Å²) in [4.78, 5) is 13.7. The van der Waals surface area contributed by atoms with Crippen molar-refractivity contribution < 1.29 is 9.13 Å². The van der Waals surface area contributed by atoms with E-state index >= 15 is 0 Å². The van der Waals surface area contributed by atoms with E-state index in [9.17, 15) is 4.39 Å². The Hall–Kier alpha value is -4.11. The van der Waals surface area contributed by atoms with E-state index in [4.69, 9.17) is 9.72 Å². The van der Waals surface area contributed by atoms with Crippen LogP contribution >= 0.6 is 0 Å². The lowest BCUT2D eigenvalue weighted by Crippen LogP contribution is -2.44. The molecule has 0 aliphatic carbocycles. The second-order valence-electron chi connectivity index (χ2n) is 9.11. The van der Waals surface area contributed by atoms with Crippen molar-refractivity contribution in [2.75, 3.05) is 46.7 Å². The summed E-state index contributed by atoms with van der Waals surface area (Å²) in [5, 5.41) is 10.1. The van der Waals surface area contributed by atoms with Crippen molar-refractivity contribution in [3.8, 4) is 0 Å². The number of hydrogen-bond donors (Lipinski definition) is 3. The third-order valence-electron chi connectivity index (χ3n) is 6.59. The Morgan fingerprint density at radius 3 is 2.58 bits per heavy atom.